The molecule has 162 valence electrons. The monoisotopic (exact) mass is 427 g/mol. The second-order valence-corrected chi connectivity index (χ2v) is 7.72. The van der Waals surface area contributed by atoms with E-state index in [1.54, 1.807) is 32.5 Å². The molecule has 31 heavy (non-hydrogen) atoms. The first-order chi connectivity index (χ1) is 15.0. The van der Waals surface area contributed by atoms with Gasteiger partial charge in [-0.15, -0.1) is 0 Å². The van der Waals surface area contributed by atoms with Gasteiger partial charge in [-0.1, -0.05) is 24.3 Å². The van der Waals surface area contributed by atoms with Crippen molar-refractivity contribution in [2.24, 2.45) is 0 Å². The quantitative estimate of drug-likeness (QED) is 0.490. The number of pyridine rings is 2. The lowest BCUT2D eigenvalue weighted by molar-refractivity contribution is 0.0964. The maximum absolute atomic E-state index is 14.6. The van der Waals surface area contributed by atoms with Crippen molar-refractivity contribution in [2.45, 2.75) is 44.8 Å². The molecule has 0 bridgehead atoms. The molecule has 1 aliphatic rings. The number of anilines is 1. The minimum atomic E-state index is -2.86. The van der Waals surface area contributed by atoms with Gasteiger partial charge < -0.3 is 10.1 Å². The summed E-state index contributed by atoms with van der Waals surface area (Å²) in [6.45, 7) is 1.75. The lowest BCUT2D eigenvalue weighted by atomic mass is 9.94. The van der Waals surface area contributed by atoms with Gasteiger partial charge in [-0.25, -0.2) is 13.2 Å². The van der Waals surface area contributed by atoms with Crippen molar-refractivity contribution in [1.29, 1.82) is 0 Å². The molecule has 0 saturated carbocycles. The van der Waals surface area contributed by atoms with Gasteiger partial charge in [-0.2, -0.15) is 0 Å². The summed E-state index contributed by atoms with van der Waals surface area (Å²) in [6.07, 6.45) is 5.57. The number of methoxy groups -OCH3 is 1. The predicted molar refractivity (Wildman–Crippen MR) is 116 cm³/mol. The SMILES string of the molecule is COC1CC=C(c2cc3c(N[C@H](C)c4cccc(C(F)F)c4F)ccnc3cn2)CC1. The van der Waals surface area contributed by atoms with Crippen LogP contribution in [0, 0.1) is 5.82 Å². The highest BCUT2D eigenvalue weighted by Crippen LogP contribution is 2.33. The molecule has 1 aliphatic carbocycles. The van der Waals surface area contributed by atoms with Gasteiger partial charge in [0.25, 0.3) is 6.43 Å². The molecule has 3 aromatic rings. The molecule has 0 saturated heterocycles. The fourth-order valence-corrected chi connectivity index (χ4v) is 3.99. The van der Waals surface area contributed by atoms with Crippen LogP contribution in [0.2, 0.25) is 0 Å². The van der Waals surface area contributed by atoms with E-state index in [1.165, 1.54) is 12.1 Å². The summed E-state index contributed by atoms with van der Waals surface area (Å²) in [5, 5.41) is 4.11. The number of nitrogens with one attached hydrogen (secondary N) is 1. The number of alkyl halides is 2. The summed E-state index contributed by atoms with van der Waals surface area (Å²) in [7, 11) is 1.72. The van der Waals surface area contributed by atoms with Crippen LogP contribution in [0.4, 0.5) is 18.9 Å². The van der Waals surface area contributed by atoms with Crippen molar-refractivity contribution >= 4 is 22.2 Å². The van der Waals surface area contributed by atoms with Crippen LogP contribution in [-0.2, 0) is 4.74 Å². The summed E-state index contributed by atoms with van der Waals surface area (Å²) in [4.78, 5) is 8.94. The predicted octanol–water partition coefficient (Wildman–Crippen LogP) is 6.46. The van der Waals surface area contributed by atoms with Crippen molar-refractivity contribution < 1.29 is 17.9 Å². The van der Waals surface area contributed by atoms with E-state index >= 15 is 0 Å². The van der Waals surface area contributed by atoms with Gasteiger partial charge in [0, 0.05) is 29.9 Å². The zero-order chi connectivity index (χ0) is 22.0. The Morgan fingerprint density at radius 1 is 1.16 bits per heavy atom. The number of benzene rings is 1. The van der Waals surface area contributed by atoms with E-state index in [0.717, 1.165) is 47.7 Å². The van der Waals surface area contributed by atoms with Gasteiger partial charge in [0.2, 0.25) is 0 Å². The topological polar surface area (TPSA) is 47.0 Å². The second kappa shape index (κ2) is 9.06. The summed E-state index contributed by atoms with van der Waals surface area (Å²) in [5.74, 6) is -0.877. The average Bonchev–Trinajstić information content (AvgIpc) is 2.79. The number of nitrogens with zero attached hydrogens (tertiary/aromatic N) is 2. The first-order valence-electron chi connectivity index (χ1n) is 10.3. The first kappa shape index (κ1) is 21.3. The molecule has 0 fully saturated rings. The Morgan fingerprint density at radius 3 is 2.68 bits per heavy atom. The minimum absolute atomic E-state index is 0.192. The van der Waals surface area contributed by atoms with E-state index in [9.17, 15) is 13.2 Å². The number of fused-ring (bicyclic) bond motifs is 1. The number of hydrogen-bond donors (Lipinski definition) is 1. The number of rotatable bonds is 6. The van der Waals surface area contributed by atoms with Gasteiger partial charge in [-0.05, 0) is 43.9 Å². The van der Waals surface area contributed by atoms with Crippen LogP contribution in [-0.4, -0.2) is 23.2 Å². The van der Waals surface area contributed by atoms with E-state index in [1.807, 2.05) is 6.07 Å². The van der Waals surface area contributed by atoms with Crippen molar-refractivity contribution in [1.82, 2.24) is 9.97 Å². The number of hydrogen-bond acceptors (Lipinski definition) is 4. The molecule has 0 aliphatic heterocycles. The van der Waals surface area contributed by atoms with Crippen LogP contribution >= 0.6 is 0 Å². The van der Waals surface area contributed by atoms with E-state index < -0.39 is 23.8 Å². The Hall–Kier alpha value is -2.93. The van der Waals surface area contributed by atoms with Crippen molar-refractivity contribution in [3.05, 3.63) is 71.4 Å². The first-order valence-corrected chi connectivity index (χ1v) is 10.3. The van der Waals surface area contributed by atoms with Gasteiger partial charge in [-0.3, -0.25) is 9.97 Å². The maximum Gasteiger partial charge on any atom is 0.266 e. The Bertz CT molecular complexity index is 1120. The van der Waals surface area contributed by atoms with Crippen molar-refractivity contribution in [2.75, 3.05) is 12.4 Å². The molecular formula is C24H24F3N3O. The third-order valence-corrected chi connectivity index (χ3v) is 5.79. The fourth-order valence-electron chi connectivity index (χ4n) is 3.99. The number of halogens is 3. The van der Waals surface area contributed by atoms with E-state index in [-0.39, 0.29) is 11.7 Å². The fraction of sp³-hybridized carbons (Fsp3) is 0.333. The molecule has 1 aromatic carbocycles. The number of aromatic nitrogens is 2. The summed E-state index contributed by atoms with van der Waals surface area (Å²) in [6, 6.07) is 7.34. The normalized spacial score (nSPS) is 17.6. The minimum Gasteiger partial charge on any atom is -0.381 e. The lowest BCUT2D eigenvalue weighted by Gasteiger charge is -2.21. The van der Waals surface area contributed by atoms with Crippen LogP contribution in [0.15, 0.2) is 48.8 Å². The highest BCUT2D eigenvalue weighted by atomic mass is 19.3. The second-order valence-electron chi connectivity index (χ2n) is 7.72. The Morgan fingerprint density at radius 2 is 1.97 bits per heavy atom. The van der Waals surface area contributed by atoms with Crippen molar-refractivity contribution in [3.63, 3.8) is 0 Å². The largest absolute Gasteiger partial charge is 0.381 e. The molecule has 0 radical (unpaired) electrons. The Kier molecular flexibility index (Phi) is 6.23. The molecule has 1 N–H and O–H groups in total. The zero-order valence-electron chi connectivity index (χ0n) is 17.4. The van der Waals surface area contributed by atoms with E-state index in [2.05, 4.69) is 21.4 Å². The van der Waals surface area contributed by atoms with E-state index in [0.29, 0.717) is 5.52 Å². The third kappa shape index (κ3) is 4.42. The van der Waals surface area contributed by atoms with Gasteiger partial charge in [0.1, 0.15) is 5.82 Å². The Balaban J connectivity index is 1.65. The highest BCUT2D eigenvalue weighted by molar-refractivity contribution is 5.92. The Labute approximate surface area is 179 Å². The van der Waals surface area contributed by atoms with Gasteiger partial charge >= 0.3 is 0 Å². The maximum atomic E-state index is 14.6. The summed E-state index contributed by atoms with van der Waals surface area (Å²) in [5.41, 5.74) is 3.09. The van der Waals surface area contributed by atoms with Crippen LogP contribution in [0.5, 0.6) is 0 Å². The zero-order valence-corrected chi connectivity index (χ0v) is 17.4. The number of allylic oxidation sites excluding steroid dienone is 1. The lowest BCUT2D eigenvalue weighted by Crippen LogP contribution is -2.13. The van der Waals surface area contributed by atoms with Gasteiger partial charge in [0.15, 0.2) is 0 Å². The molecule has 0 spiro atoms. The third-order valence-electron chi connectivity index (χ3n) is 5.79. The average molecular weight is 427 g/mol. The van der Waals surface area contributed by atoms with Crippen LogP contribution in [0.25, 0.3) is 16.5 Å². The summed E-state index contributed by atoms with van der Waals surface area (Å²) < 4.78 is 46.2. The molecule has 7 heteroatoms. The molecule has 4 rings (SSSR count). The summed E-state index contributed by atoms with van der Waals surface area (Å²) >= 11 is 0. The standard InChI is InChI=1S/C24H24F3N3O/c1-14(17-4-3-5-18(23(17)25)24(26)27)30-20-10-11-28-22-13-29-21(12-19(20)22)15-6-8-16(31-2)9-7-15/h3-6,10-14,16,24H,7-9H2,1-2H3,(H,28,30)/t14-,16?/m1/s1. The van der Waals surface area contributed by atoms with Gasteiger partial charge in [0.05, 0.1) is 35.1 Å². The smallest absolute Gasteiger partial charge is 0.266 e. The molecule has 2 heterocycles. The molecule has 4 nitrogen and oxygen atoms in total. The van der Waals surface area contributed by atoms with E-state index in [4.69, 9.17) is 4.74 Å². The van der Waals surface area contributed by atoms with Crippen LogP contribution in [0.3, 0.4) is 0 Å². The highest BCUT2D eigenvalue weighted by Gasteiger charge is 2.20. The number of ether oxygens (including phenoxy) is 1. The molecule has 2 atom stereocenters. The molecular weight excluding hydrogens is 403 g/mol. The van der Waals surface area contributed by atoms with Crippen molar-refractivity contribution in [3.8, 4) is 0 Å². The molecule has 2 aromatic heterocycles. The molecule has 0 amide bonds. The van der Waals surface area contributed by atoms with Crippen LogP contribution in [0.1, 0.15) is 55.5 Å². The van der Waals surface area contributed by atoms with Crippen LogP contribution < -0.4 is 5.32 Å². The molecule has 1 unspecified atom stereocenters.